The van der Waals surface area contributed by atoms with Crippen molar-refractivity contribution >= 4 is 11.6 Å². The van der Waals surface area contributed by atoms with Crippen LogP contribution in [0.25, 0.3) is 0 Å². The van der Waals surface area contributed by atoms with Crippen LogP contribution in [0.15, 0.2) is 36.4 Å². The first-order chi connectivity index (χ1) is 8.24. The van der Waals surface area contributed by atoms with E-state index in [-0.39, 0.29) is 11.7 Å². The van der Waals surface area contributed by atoms with E-state index in [1.54, 1.807) is 12.1 Å². The Morgan fingerprint density at radius 2 is 2.06 bits per heavy atom. The summed E-state index contributed by atoms with van der Waals surface area (Å²) >= 11 is 0. The van der Waals surface area contributed by atoms with E-state index in [4.69, 9.17) is 0 Å². The molecule has 0 radical (unpaired) electrons. The number of carbonyl (C=O) groups excluding carboxylic acids is 1. The average Bonchev–Trinajstić information content (AvgIpc) is 2.33. The van der Waals surface area contributed by atoms with Gasteiger partial charge in [0.1, 0.15) is 5.82 Å². The van der Waals surface area contributed by atoms with Gasteiger partial charge in [0, 0.05) is 18.8 Å². The standard InChI is InChI=1S/C13H15FN2O/c14-11-4-6-12(7-5-11)15-13(17)10-16-8-2-1-3-9-16/h1-2,4-7H,3,8-10H2,(H,15,17). The van der Waals surface area contributed by atoms with Gasteiger partial charge in [-0.25, -0.2) is 4.39 Å². The number of halogens is 1. The molecule has 1 aromatic carbocycles. The molecule has 90 valence electrons. The monoisotopic (exact) mass is 234 g/mol. The zero-order chi connectivity index (χ0) is 12.1. The van der Waals surface area contributed by atoms with Gasteiger partial charge >= 0.3 is 0 Å². The molecule has 3 nitrogen and oxygen atoms in total. The van der Waals surface area contributed by atoms with Crippen LogP contribution in [0.1, 0.15) is 6.42 Å². The lowest BCUT2D eigenvalue weighted by Gasteiger charge is -2.22. The molecule has 4 heteroatoms. The molecule has 1 amide bonds. The quantitative estimate of drug-likeness (QED) is 0.811. The molecule has 1 heterocycles. The fourth-order valence-corrected chi connectivity index (χ4v) is 1.77. The van der Waals surface area contributed by atoms with Crippen molar-refractivity contribution in [1.29, 1.82) is 0 Å². The molecule has 1 N–H and O–H groups in total. The highest BCUT2D eigenvalue weighted by molar-refractivity contribution is 5.92. The predicted octanol–water partition coefficient (Wildman–Crippen LogP) is 2.03. The largest absolute Gasteiger partial charge is 0.325 e. The fraction of sp³-hybridized carbons (Fsp3) is 0.308. The summed E-state index contributed by atoms with van der Waals surface area (Å²) in [5.74, 6) is -0.365. The lowest BCUT2D eigenvalue weighted by molar-refractivity contribution is -0.117. The summed E-state index contributed by atoms with van der Waals surface area (Å²) in [6.45, 7) is 2.10. The molecular weight excluding hydrogens is 219 g/mol. The molecule has 1 aromatic rings. The number of benzene rings is 1. The van der Waals surface area contributed by atoms with Gasteiger partial charge in [0.15, 0.2) is 0 Å². The van der Waals surface area contributed by atoms with Gasteiger partial charge in [-0.2, -0.15) is 0 Å². The summed E-state index contributed by atoms with van der Waals surface area (Å²) in [5, 5.41) is 2.75. The first-order valence-electron chi connectivity index (χ1n) is 5.67. The third kappa shape index (κ3) is 3.67. The SMILES string of the molecule is O=C(CN1CC=CCC1)Nc1ccc(F)cc1. The maximum Gasteiger partial charge on any atom is 0.238 e. The highest BCUT2D eigenvalue weighted by Crippen LogP contribution is 2.08. The molecule has 0 bridgehead atoms. The first kappa shape index (κ1) is 11.8. The van der Waals surface area contributed by atoms with Gasteiger partial charge in [-0.05, 0) is 30.7 Å². The lowest BCUT2D eigenvalue weighted by atomic mass is 10.2. The van der Waals surface area contributed by atoms with Crippen LogP contribution in [0.3, 0.4) is 0 Å². The van der Waals surface area contributed by atoms with Crippen LogP contribution >= 0.6 is 0 Å². The van der Waals surface area contributed by atoms with Crippen molar-refractivity contribution in [2.75, 3.05) is 25.0 Å². The van der Waals surface area contributed by atoms with E-state index in [2.05, 4.69) is 22.4 Å². The molecule has 0 saturated carbocycles. The molecular formula is C13H15FN2O. The van der Waals surface area contributed by atoms with Crippen LogP contribution in [-0.4, -0.2) is 30.4 Å². The smallest absolute Gasteiger partial charge is 0.238 e. The van der Waals surface area contributed by atoms with Crippen molar-refractivity contribution in [2.45, 2.75) is 6.42 Å². The minimum absolute atomic E-state index is 0.0630. The molecule has 0 atom stereocenters. The molecule has 1 aliphatic heterocycles. The summed E-state index contributed by atoms with van der Waals surface area (Å²) in [6, 6.07) is 5.78. The molecule has 0 fully saturated rings. The molecule has 1 aliphatic rings. The Morgan fingerprint density at radius 3 is 2.71 bits per heavy atom. The van der Waals surface area contributed by atoms with Crippen molar-refractivity contribution in [3.63, 3.8) is 0 Å². The van der Waals surface area contributed by atoms with Crippen LogP contribution in [-0.2, 0) is 4.79 Å². The highest BCUT2D eigenvalue weighted by Gasteiger charge is 2.11. The zero-order valence-electron chi connectivity index (χ0n) is 9.53. The number of rotatable bonds is 3. The minimum Gasteiger partial charge on any atom is -0.325 e. The summed E-state index contributed by atoms with van der Waals surface area (Å²) < 4.78 is 12.7. The second-order valence-electron chi connectivity index (χ2n) is 4.05. The second kappa shape index (κ2) is 5.59. The van der Waals surface area contributed by atoms with Gasteiger partial charge in [0.2, 0.25) is 5.91 Å². The minimum atomic E-state index is -0.302. The van der Waals surface area contributed by atoms with Crippen molar-refractivity contribution in [3.05, 3.63) is 42.2 Å². The molecule has 2 rings (SSSR count). The highest BCUT2D eigenvalue weighted by atomic mass is 19.1. The van der Waals surface area contributed by atoms with E-state index >= 15 is 0 Å². The maximum atomic E-state index is 12.7. The Morgan fingerprint density at radius 1 is 1.29 bits per heavy atom. The van der Waals surface area contributed by atoms with Crippen molar-refractivity contribution in [1.82, 2.24) is 4.90 Å². The molecule has 0 aliphatic carbocycles. The van der Waals surface area contributed by atoms with Gasteiger partial charge in [-0.1, -0.05) is 12.2 Å². The van der Waals surface area contributed by atoms with Crippen LogP contribution in [0.4, 0.5) is 10.1 Å². The summed E-state index contributed by atoms with van der Waals surface area (Å²) in [7, 11) is 0. The van der Waals surface area contributed by atoms with E-state index < -0.39 is 0 Å². The number of hydrogen-bond donors (Lipinski definition) is 1. The van der Waals surface area contributed by atoms with Crippen LogP contribution in [0.5, 0.6) is 0 Å². The van der Waals surface area contributed by atoms with Gasteiger partial charge in [0.25, 0.3) is 0 Å². The summed E-state index contributed by atoms with van der Waals surface area (Å²) in [5.41, 5.74) is 0.629. The van der Waals surface area contributed by atoms with Crippen molar-refractivity contribution in [3.8, 4) is 0 Å². The first-order valence-corrected chi connectivity index (χ1v) is 5.67. The van der Waals surface area contributed by atoms with Gasteiger partial charge in [-0.15, -0.1) is 0 Å². The summed E-state index contributed by atoms with van der Waals surface area (Å²) in [4.78, 5) is 13.8. The number of nitrogens with zero attached hydrogens (tertiary/aromatic N) is 1. The number of amides is 1. The number of carbonyl (C=O) groups is 1. The normalized spacial score (nSPS) is 15.8. The number of nitrogens with one attached hydrogen (secondary N) is 1. The molecule has 0 spiro atoms. The average molecular weight is 234 g/mol. The van der Waals surface area contributed by atoms with E-state index in [9.17, 15) is 9.18 Å². The van der Waals surface area contributed by atoms with E-state index in [1.807, 2.05) is 0 Å². The number of hydrogen-bond acceptors (Lipinski definition) is 2. The molecule has 0 aromatic heterocycles. The third-order valence-electron chi connectivity index (χ3n) is 2.64. The Balaban J connectivity index is 1.84. The maximum absolute atomic E-state index is 12.7. The van der Waals surface area contributed by atoms with Crippen LogP contribution in [0, 0.1) is 5.82 Å². The topological polar surface area (TPSA) is 32.3 Å². The van der Waals surface area contributed by atoms with Crippen molar-refractivity contribution < 1.29 is 9.18 Å². The number of anilines is 1. The Hall–Kier alpha value is -1.68. The zero-order valence-corrected chi connectivity index (χ0v) is 9.53. The Bertz CT molecular complexity index is 414. The molecule has 17 heavy (non-hydrogen) atoms. The second-order valence-corrected chi connectivity index (χ2v) is 4.05. The van der Waals surface area contributed by atoms with Gasteiger partial charge in [-0.3, -0.25) is 9.69 Å². The van der Waals surface area contributed by atoms with E-state index in [0.717, 1.165) is 19.5 Å². The molecule has 0 unspecified atom stereocenters. The Labute approximate surface area is 99.9 Å². The van der Waals surface area contributed by atoms with Crippen LogP contribution in [0.2, 0.25) is 0 Å². The predicted molar refractivity (Wildman–Crippen MR) is 65.2 cm³/mol. The van der Waals surface area contributed by atoms with Gasteiger partial charge in [0.05, 0.1) is 6.54 Å². The van der Waals surface area contributed by atoms with Crippen molar-refractivity contribution in [2.24, 2.45) is 0 Å². The van der Waals surface area contributed by atoms with E-state index in [1.165, 1.54) is 12.1 Å². The van der Waals surface area contributed by atoms with Crippen LogP contribution < -0.4 is 5.32 Å². The van der Waals surface area contributed by atoms with Gasteiger partial charge < -0.3 is 5.32 Å². The van der Waals surface area contributed by atoms with E-state index in [0.29, 0.717) is 12.2 Å². The fourth-order valence-electron chi connectivity index (χ4n) is 1.77. The lowest BCUT2D eigenvalue weighted by Crippen LogP contribution is -2.35. The third-order valence-corrected chi connectivity index (χ3v) is 2.64. The Kier molecular flexibility index (Phi) is 3.88. The summed E-state index contributed by atoms with van der Waals surface area (Å²) in [6.07, 6.45) is 5.17. The molecule has 0 saturated heterocycles.